The van der Waals surface area contributed by atoms with Gasteiger partial charge in [0.05, 0.1) is 22.6 Å². The summed E-state index contributed by atoms with van der Waals surface area (Å²) in [5.74, 6) is 1.22. The smallest absolute Gasteiger partial charge is 0.269 e. The lowest BCUT2D eigenvalue weighted by Crippen LogP contribution is -2.09. The molecule has 0 aliphatic rings. The van der Waals surface area contributed by atoms with E-state index >= 15 is 0 Å². The van der Waals surface area contributed by atoms with Crippen LogP contribution in [-0.2, 0) is 13.2 Å². The van der Waals surface area contributed by atoms with E-state index in [1.807, 2.05) is 28.8 Å². The van der Waals surface area contributed by atoms with Crippen LogP contribution in [0.15, 0.2) is 48.5 Å². The van der Waals surface area contributed by atoms with Gasteiger partial charge in [-0.25, -0.2) is 4.98 Å². The molecular formula is C16H15N3O4. The van der Waals surface area contributed by atoms with Gasteiger partial charge in [-0.1, -0.05) is 12.1 Å². The Kier molecular flexibility index (Phi) is 4.20. The number of non-ortho nitro benzene ring substituents is 1. The minimum atomic E-state index is -0.454. The summed E-state index contributed by atoms with van der Waals surface area (Å²) in [7, 11) is 0. The molecule has 1 heterocycles. The van der Waals surface area contributed by atoms with Crippen molar-refractivity contribution in [2.45, 2.75) is 13.2 Å². The molecule has 0 aliphatic heterocycles. The molecule has 3 aromatic rings. The number of imidazole rings is 1. The molecule has 0 amide bonds. The SMILES string of the molecule is O=[N+]([O-])c1ccc(OCc2nc3ccccc3n2CCO)cc1. The van der Waals surface area contributed by atoms with Crippen molar-refractivity contribution in [3.63, 3.8) is 0 Å². The third kappa shape index (κ3) is 3.14. The Morgan fingerprint density at radius 2 is 1.91 bits per heavy atom. The monoisotopic (exact) mass is 313 g/mol. The highest BCUT2D eigenvalue weighted by atomic mass is 16.6. The van der Waals surface area contributed by atoms with Gasteiger partial charge in [0.2, 0.25) is 0 Å². The molecule has 7 heteroatoms. The molecule has 0 aliphatic carbocycles. The van der Waals surface area contributed by atoms with E-state index in [1.165, 1.54) is 12.1 Å². The average molecular weight is 313 g/mol. The topological polar surface area (TPSA) is 90.4 Å². The Morgan fingerprint density at radius 1 is 1.17 bits per heavy atom. The van der Waals surface area contributed by atoms with Crippen molar-refractivity contribution in [3.05, 3.63) is 64.5 Å². The summed E-state index contributed by atoms with van der Waals surface area (Å²) >= 11 is 0. The molecule has 0 saturated carbocycles. The molecule has 3 rings (SSSR count). The number of aliphatic hydroxyl groups is 1. The zero-order valence-electron chi connectivity index (χ0n) is 12.3. The largest absolute Gasteiger partial charge is 0.486 e. The number of aliphatic hydroxyl groups excluding tert-OH is 1. The van der Waals surface area contributed by atoms with Crippen molar-refractivity contribution in [3.8, 4) is 5.75 Å². The highest BCUT2D eigenvalue weighted by Crippen LogP contribution is 2.20. The molecule has 1 N–H and O–H groups in total. The van der Waals surface area contributed by atoms with Crippen molar-refractivity contribution < 1.29 is 14.8 Å². The van der Waals surface area contributed by atoms with Gasteiger partial charge < -0.3 is 14.4 Å². The number of nitrogens with zero attached hydrogens (tertiary/aromatic N) is 3. The zero-order chi connectivity index (χ0) is 16.2. The highest BCUT2D eigenvalue weighted by molar-refractivity contribution is 5.75. The molecule has 7 nitrogen and oxygen atoms in total. The number of ether oxygens (including phenoxy) is 1. The number of fused-ring (bicyclic) bond motifs is 1. The van der Waals surface area contributed by atoms with Crippen LogP contribution in [-0.4, -0.2) is 26.2 Å². The lowest BCUT2D eigenvalue weighted by molar-refractivity contribution is -0.384. The molecule has 0 fully saturated rings. The maximum absolute atomic E-state index is 10.6. The Bertz CT molecular complexity index is 827. The second-order valence-corrected chi connectivity index (χ2v) is 4.93. The van der Waals surface area contributed by atoms with Crippen LogP contribution in [0.2, 0.25) is 0 Å². The van der Waals surface area contributed by atoms with Crippen molar-refractivity contribution in [1.82, 2.24) is 9.55 Å². The molecule has 0 saturated heterocycles. The van der Waals surface area contributed by atoms with E-state index in [2.05, 4.69) is 4.98 Å². The Balaban J connectivity index is 1.81. The van der Waals surface area contributed by atoms with E-state index in [0.29, 0.717) is 18.1 Å². The van der Waals surface area contributed by atoms with Crippen LogP contribution < -0.4 is 4.74 Å². The number of benzene rings is 2. The summed E-state index contributed by atoms with van der Waals surface area (Å²) in [6, 6.07) is 13.6. The second-order valence-electron chi connectivity index (χ2n) is 4.93. The average Bonchev–Trinajstić information content (AvgIpc) is 2.92. The maximum atomic E-state index is 10.6. The molecule has 0 bridgehead atoms. The van der Waals surface area contributed by atoms with Crippen molar-refractivity contribution >= 4 is 16.7 Å². The van der Waals surface area contributed by atoms with E-state index in [4.69, 9.17) is 4.74 Å². The van der Waals surface area contributed by atoms with Gasteiger partial charge in [0.15, 0.2) is 0 Å². The molecule has 0 spiro atoms. The number of nitro benzene ring substituents is 1. The fourth-order valence-corrected chi connectivity index (χ4v) is 2.40. The molecule has 23 heavy (non-hydrogen) atoms. The lowest BCUT2D eigenvalue weighted by atomic mass is 10.3. The first-order valence-electron chi connectivity index (χ1n) is 7.11. The molecule has 0 atom stereocenters. The maximum Gasteiger partial charge on any atom is 0.269 e. The fraction of sp³-hybridized carbons (Fsp3) is 0.188. The van der Waals surface area contributed by atoms with E-state index in [9.17, 15) is 15.2 Å². The Hall–Kier alpha value is -2.93. The number of para-hydroxylation sites is 2. The summed E-state index contributed by atoms with van der Waals surface area (Å²) < 4.78 is 7.56. The van der Waals surface area contributed by atoms with Crippen molar-refractivity contribution in [2.75, 3.05) is 6.61 Å². The van der Waals surface area contributed by atoms with Gasteiger partial charge >= 0.3 is 0 Å². The van der Waals surface area contributed by atoms with E-state index in [-0.39, 0.29) is 18.9 Å². The van der Waals surface area contributed by atoms with Crippen LogP contribution in [0.4, 0.5) is 5.69 Å². The van der Waals surface area contributed by atoms with Gasteiger partial charge in [0.25, 0.3) is 5.69 Å². The van der Waals surface area contributed by atoms with Crippen LogP contribution in [0.5, 0.6) is 5.75 Å². The molecule has 118 valence electrons. The highest BCUT2D eigenvalue weighted by Gasteiger charge is 2.11. The van der Waals surface area contributed by atoms with E-state index in [1.54, 1.807) is 12.1 Å². The quantitative estimate of drug-likeness (QED) is 0.558. The van der Waals surface area contributed by atoms with Crippen molar-refractivity contribution in [1.29, 1.82) is 0 Å². The normalized spacial score (nSPS) is 10.8. The first kappa shape index (κ1) is 15.0. The minimum Gasteiger partial charge on any atom is -0.486 e. The van der Waals surface area contributed by atoms with Gasteiger partial charge in [-0.3, -0.25) is 10.1 Å². The standard InChI is InChI=1S/C16H15N3O4/c20-10-9-18-15-4-2-1-3-14(15)17-16(18)11-23-13-7-5-12(6-8-13)19(21)22/h1-8,20H,9-11H2. The van der Waals surface area contributed by atoms with Gasteiger partial charge in [-0.15, -0.1) is 0 Å². The molecule has 0 radical (unpaired) electrons. The number of aromatic nitrogens is 2. The first-order valence-corrected chi connectivity index (χ1v) is 7.11. The lowest BCUT2D eigenvalue weighted by Gasteiger charge is -2.09. The second kappa shape index (κ2) is 6.45. The predicted octanol–water partition coefficient (Wildman–Crippen LogP) is 2.52. The zero-order valence-corrected chi connectivity index (χ0v) is 12.3. The van der Waals surface area contributed by atoms with Gasteiger partial charge in [0, 0.05) is 18.7 Å². The molecule has 1 aromatic heterocycles. The van der Waals surface area contributed by atoms with Crippen molar-refractivity contribution in [2.24, 2.45) is 0 Å². The number of hydrogen-bond acceptors (Lipinski definition) is 5. The summed E-state index contributed by atoms with van der Waals surface area (Å²) in [6.45, 7) is 0.650. The number of rotatable bonds is 6. The van der Waals surface area contributed by atoms with Crippen LogP contribution >= 0.6 is 0 Å². The Morgan fingerprint density at radius 3 is 2.61 bits per heavy atom. The van der Waals surface area contributed by atoms with Gasteiger partial charge in [-0.05, 0) is 24.3 Å². The number of hydrogen-bond donors (Lipinski definition) is 1. The fourth-order valence-electron chi connectivity index (χ4n) is 2.40. The summed E-state index contributed by atoms with van der Waals surface area (Å²) in [5, 5.41) is 19.9. The van der Waals surface area contributed by atoms with Gasteiger partial charge in [-0.2, -0.15) is 0 Å². The predicted molar refractivity (Wildman–Crippen MR) is 84.2 cm³/mol. The van der Waals surface area contributed by atoms with Crippen LogP contribution in [0.25, 0.3) is 11.0 Å². The third-order valence-electron chi connectivity index (χ3n) is 3.47. The van der Waals surface area contributed by atoms with Crippen LogP contribution in [0.1, 0.15) is 5.82 Å². The Labute approximate surface area is 131 Å². The van der Waals surface area contributed by atoms with E-state index < -0.39 is 4.92 Å². The van der Waals surface area contributed by atoms with Gasteiger partial charge in [0.1, 0.15) is 18.2 Å². The molecule has 0 unspecified atom stereocenters. The van der Waals surface area contributed by atoms with E-state index in [0.717, 1.165) is 11.0 Å². The summed E-state index contributed by atoms with van der Waals surface area (Å²) in [6.07, 6.45) is 0. The first-order chi connectivity index (χ1) is 11.2. The summed E-state index contributed by atoms with van der Waals surface area (Å²) in [4.78, 5) is 14.7. The number of nitro groups is 1. The van der Waals surface area contributed by atoms with Crippen LogP contribution in [0.3, 0.4) is 0 Å². The summed E-state index contributed by atoms with van der Waals surface area (Å²) in [5.41, 5.74) is 1.79. The van der Waals surface area contributed by atoms with Crippen LogP contribution in [0, 0.1) is 10.1 Å². The molecule has 2 aromatic carbocycles. The minimum absolute atomic E-state index is 0.00485. The molecular weight excluding hydrogens is 298 g/mol. The third-order valence-corrected chi connectivity index (χ3v) is 3.47.